The van der Waals surface area contributed by atoms with E-state index >= 15 is 0 Å². The van der Waals surface area contributed by atoms with E-state index in [1.807, 2.05) is 6.07 Å². The molecule has 1 aliphatic rings. The van der Waals surface area contributed by atoms with Gasteiger partial charge in [0.05, 0.1) is 0 Å². The molecule has 3 heteroatoms. The van der Waals surface area contributed by atoms with Crippen LogP contribution in [0, 0.1) is 0 Å². The molecule has 0 radical (unpaired) electrons. The fourth-order valence-electron chi connectivity index (χ4n) is 2.66. The number of rotatable bonds is 3. The van der Waals surface area contributed by atoms with Crippen molar-refractivity contribution in [3.63, 3.8) is 0 Å². The maximum Gasteiger partial charge on any atom is 0.207 e. The first-order valence-electron chi connectivity index (χ1n) is 7.31. The molecular weight excluding hydrogens is 371 g/mol. The summed E-state index contributed by atoms with van der Waals surface area (Å²) in [5.74, 6) is 0. The molecule has 0 saturated carbocycles. The van der Waals surface area contributed by atoms with Crippen LogP contribution in [0.1, 0.15) is 24.1 Å². The minimum Gasteiger partial charge on any atom is -1.00 e. The fourth-order valence-corrected chi connectivity index (χ4v) is 2.66. The lowest BCUT2D eigenvalue weighted by Gasteiger charge is -2.16. The van der Waals surface area contributed by atoms with Crippen LogP contribution in [0.3, 0.4) is 0 Å². The quantitative estimate of drug-likeness (QED) is 0.538. The van der Waals surface area contributed by atoms with Gasteiger partial charge in [0.15, 0.2) is 6.20 Å². The molecule has 1 aromatic heterocycles. The minimum atomic E-state index is 0. The van der Waals surface area contributed by atoms with E-state index in [1.54, 1.807) is 0 Å². The van der Waals surface area contributed by atoms with Crippen LogP contribution in [-0.4, -0.2) is 13.1 Å². The van der Waals surface area contributed by atoms with Crippen LogP contribution in [0.15, 0.2) is 48.7 Å². The summed E-state index contributed by atoms with van der Waals surface area (Å²) in [5.41, 5.74) is 3.81. The van der Waals surface area contributed by atoms with Gasteiger partial charge in [-0.2, -0.15) is 0 Å². The van der Waals surface area contributed by atoms with Crippen molar-refractivity contribution in [2.24, 2.45) is 7.05 Å². The number of benzene rings is 1. The number of hydrogen-bond acceptors (Lipinski definition) is 1. The Bertz CT molecular complexity index is 602. The summed E-state index contributed by atoms with van der Waals surface area (Å²) in [7, 11) is 2.10. The smallest absolute Gasteiger partial charge is 0.207 e. The topological polar surface area (TPSA) is 7.12 Å². The fraction of sp³-hybridized carbons (Fsp3) is 0.278. The average molecular weight is 392 g/mol. The van der Waals surface area contributed by atoms with Gasteiger partial charge in [-0.1, -0.05) is 30.3 Å². The maximum absolute atomic E-state index is 2.47. The molecule has 0 amide bonds. The van der Waals surface area contributed by atoms with E-state index in [9.17, 15) is 0 Å². The van der Waals surface area contributed by atoms with Crippen LogP contribution >= 0.6 is 0 Å². The Morgan fingerprint density at radius 3 is 2.43 bits per heavy atom. The van der Waals surface area contributed by atoms with Crippen LogP contribution in [0.5, 0.6) is 0 Å². The summed E-state index contributed by atoms with van der Waals surface area (Å²) in [6.07, 6.45) is 9.14. The standard InChI is InChI=1S/C18H21N2.HI/c1-19-14-11-18(20-12-5-6-13-20)15-17(19)10-9-16-7-3-2-4-8-16;/h2-4,7-11,14-15H,5-6,12-13H2,1H3;1H/q+1;/p-1. The lowest BCUT2D eigenvalue weighted by Crippen LogP contribution is -3.00. The zero-order chi connectivity index (χ0) is 13.8. The van der Waals surface area contributed by atoms with Gasteiger partial charge in [0.2, 0.25) is 5.69 Å². The summed E-state index contributed by atoms with van der Waals surface area (Å²) < 4.78 is 2.17. The monoisotopic (exact) mass is 392 g/mol. The van der Waals surface area contributed by atoms with Crippen LogP contribution in [0.4, 0.5) is 5.69 Å². The molecule has 3 rings (SSSR count). The third-order valence-corrected chi connectivity index (χ3v) is 3.89. The Morgan fingerprint density at radius 1 is 1.00 bits per heavy atom. The zero-order valence-corrected chi connectivity index (χ0v) is 14.5. The summed E-state index contributed by atoms with van der Waals surface area (Å²) in [6, 6.07) is 14.9. The molecule has 2 nitrogen and oxygen atoms in total. The number of hydrogen-bond donors (Lipinski definition) is 0. The van der Waals surface area contributed by atoms with Crippen molar-refractivity contribution in [1.29, 1.82) is 0 Å². The van der Waals surface area contributed by atoms with Gasteiger partial charge in [0.1, 0.15) is 7.05 Å². The van der Waals surface area contributed by atoms with E-state index in [0.717, 1.165) is 0 Å². The molecule has 21 heavy (non-hydrogen) atoms. The van der Waals surface area contributed by atoms with Gasteiger partial charge < -0.3 is 28.9 Å². The van der Waals surface area contributed by atoms with E-state index < -0.39 is 0 Å². The van der Waals surface area contributed by atoms with Crippen molar-refractivity contribution in [3.8, 4) is 0 Å². The van der Waals surface area contributed by atoms with Gasteiger partial charge >= 0.3 is 0 Å². The molecule has 0 spiro atoms. The van der Waals surface area contributed by atoms with Crippen LogP contribution in [0.25, 0.3) is 12.2 Å². The highest BCUT2D eigenvalue weighted by Gasteiger charge is 2.14. The molecule has 2 heterocycles. The van der Waals surface area contributed by atoms with E-state index in [1.165, 1.54) is 42.9 Å². The summed E-state index contributed by atoms with van der Waals surface area (Å²) in [5, 5.41) is 0. The highest BCUT2D eigenvalue weighted by Crippen LogP contribution is 2.20. The number of pyridine rings is 1. The molecular formula is C18H21IN2. The van der Waals surface area contributed by atoms with Crippen molar-refractivity contribution in [2.75, 3.05) is 18.0 Å². The molecule has 1 aromatic carbocycles. The lowest BCUT2D eigenvalue weighted by atomic mass is 10.2. The van der Waals surface area contributed by atoms with Crippen molar-refractivity contribution in [1.82, 2.24) is 0 Å². The van der Waals surface area contributed by atoms with Crippen molar-refractivity contribution in [3.05, 3.63) is 59.9 Å². The first-order valence-corrected chi connectivity index (χ1v) is 7.31. The molecule has 0 N–H and O–H groups in total. The number of nitrogens with zero attached hydrogens (tertiary/aromatic N) is 2. The van der Waals surface area contributed by atoms with E-state index in [2.05, 4.69) is 71.3 Å². The predicted octanol–water partition coefficient (Wildman–Crippen LogP) is 0.286. The van der Waals surface area contributed by atoms with Crippen molar-refractivity contribution in [2.45, 2.75) is 12.8 Å². The highest BCUT2D eigenvalue weighted by atomic mass is 127. The lowest BCUT2D eigenvalue weighted by molar-refractivity contribution is -0.673. The Kier molecular flexibility index (Phi) is 5.79. The summed E-state index contributed by atoms with van der Waals surface area (Å²) >= 11 is 0. The van der Waals surface area contributed by atoms with Gasteiger partial charge in [-0.25, -0.2) is 4.57 Å². The van der Waals surface area contributed by atoms with E-state index in [-0.39, 0.29) is 24.0 Å². The molecule has 1 saturated heterocycles. The maximum atomic E-state index is 2.47. The SMILES string of the molecule is C[n+]1ccc(N2CCCC2)cc1C=Cc1ccccc1.[I-]. The molecule has 1 fully saturated rings. The Labute approximate surface area is 144 Å². The number of anilines is 1. The first kappa shape index (κ1) is 16.0. The van der Waals surface area contributed by atoms with Gasteiger partial charge in [0, 0.05) is 37.0 Å². The highest BCUT2D eigenvalue weighted by molar-refractivity contribution is 5.68. The number of halogens is 1. The van der Waals surface area contributed by atoms with Gasteiger partial charge in [-0.15, -0.1) is 0 Å². The molecule has 0 unspecified atom stereocenters. The van der Waals surface area contributed by atoms with Crippen molar-refractivity contribution >= 4 is 17.8 Å². The Balaban J connectivity index is 0.00000161. The molecule has 1 aliphatic heterocycles. The van der Waals surface area contributed by atoms with E-state index in [0.29, 0.717) is 0 Å². The molecule has 0 atom stereocenters. The summed E-state index contributed by atoms with van der Waals surface area (Å²) in [4.78, 5) is 2.47. The first-order chi connectivity index (χ1) is 9.83. The van der Waals surface area contributed by atoms with Gasteiger partial charge in [0.25, 0.3) is 0 Å². The Hall–Kier alpha value is -1.36. The molecule has 0 bridgehead atoms. The average Bonchev–Trinajstić information content (AvgIpc) is 3.02. The zero-order valence-electron chi connectivity index (χ0n) is 12.4. The van der Waals surface area contributed by atoms with E-state index in [4.69, 9.17) is 0 Å². The van der Waals surface area contributed by atoms with Gasteiger partial charge in [-0.05, 0) is 24.5 Å². The molecule has 2 aromatic rings. The Morgan fingerprint density at radius 2 is 1.71 bits per heavy atom. The molecule has 110 valence electrons. The summed E-state index contributed by atoms with van der Waals surface area (Å²) in [6.45, 7) is 2.38. The van der Waals surface area contributed by atoms with Crippen LogP contribution in [-0.2, 0) is 7.05 Å². The third kappa shape index (κ3) is 4.06. The largest absolute Gasteiger partial charge is 1.00 e. The minimum absolute atomic E-state index is 0. The molecule has 0 aliphatic carbocycles. The number of aryl methyl sites for hydroxylation is 1. The third-order valence-electron chi connectivity index (χ3n) is 3.89. The van der Waals surface area contributed by atoms with Crippen LogP contribution < -0.4 is 33.4 Å². The predicted molar refractivity (Wildman–Crippen MR) is 84.4 cm³/mol. The number of aromatic nitrogens is 1. The normalized spacial score (nSPS) is 14.4. The second-order valence-corrected chi connectivity index (χ2v) is 5.36. The van der Waals surface area contributed by atoms with Crippen LogP contribution in [0.2, 0.25) is 0 Å². The van der Waals surface area contributed by atoms with Gasteiger partial charge in [-0.3, -0.25) is 0 Å². The second kappa shape index (κ2) is 7.59. The van der Waals surface area contributed by atoms with Crippen molar-refractivity contribution < 1.29 is 28.5 Å². The second-order valence-electron chi connectivity index (χ2n) is 5.36.